The van der Waals surface area contributed by atoms with Crippen molar-refractivity contribution in [3.8, 4) is 5.75 Å². The number of Topliss-reactive ketones (excluding diaryl/α,β-unsaturated/α-hetero) is 2. The highest BCUT2D eigenvalue weighted by Gasteiger charge is 2.48. The number of unbranched alkanes of at least 4 members (excludes halogenated alkanes) is 1. The molecule has 0 amide bonds. The molecule has 1 aromatic rings. The fourth-order valence-electron chi connectivity index (χ4n) is 4.62. The van der Waals surface area contributed by atoms with Gasteiger partial charge in [0.15, 0.2) is 5.78 Å². The van der Waals surface area contributed by atoms with Gasteiger partial charge in [0.25, 0.3) is 0 Å². The molecule has 2 fully saturated rings. The first-order chi connectivity index (χ1) is 14.1. The van der Waals surface area contributed by atoms with Gasteiger partial charge in [-0.25, -0.2) is 0 Å². The van der Waals surface area contributed by atoms with Crippen molar-refractivity contribution in [3.05, 3.63) is 42.0 Å². The minimum atomic E-state index is -0.222. The third-order valence-electron chi connectivity index (χ3n) is 6.13. The lowest BCUT2D eigenvalue weighted by molar-refractivity contribution is -0.140. The number of hydrogen-bond donors (Lipinski definition) is 0. The van der Waals surface area contributed by atoms with E-state index in [2.05, 4.69) is 4.74 Å². The van der Waals surface area contributed by atoms with E-state index >= 15 is 0 Å². The summed E-state index contributed by atoms with van der Waals surface area (Å²) < 4.78 is 10.3. The SMILES string of the molecule is COC(=O)CCCC=C1CC2C(CC[C@@H]2C(=O)CCCOc2ccccc2)C1=O. The first kappa shape index (κ1) is 21.3. The van der Waals surface area contributed by atoms with Gasteiger partial charge in [0.05, 0.1) is 13.7 Å². The number of ketones is 2. The van der Waals surface area contributed by atoms with E-state index in [1.807, 2.05) is 36.4 Å². The van der Waals surface area contributed by atoms with Crippen LogP contribution in [-0.4, -0.2) is 31.3 Å². The predicted octanol–water partition coefficient (Wildman–Crippen LogP) is 4.30. The summed E-state index contributed by atoms with van der Waals surface area (Å²) in [5, 5.41) is 0. The van der Waals surface area contributed by atoms with Crippen LogP contribution < -0.4 is 4.74 Å². The maximum atomic E-state index is 12.7. The van der Waals surface area contributed by atoms with Crippen LogP contribution in [0.25, 0.3) is 0 Å². The quantitative estimate of drug-likeness (QED) is 0.334. The van der Waals surface area contributed by atoms with Gasteiger partial charge in [0.2, 0.25) is 0 Å². The van der Waals surface area contributed by atoms with Crippen LogP contribution in [0.15, 0.2) is 42.0 Å². The zero-order valence-electron chi connectivity index (χ0n) is 17.1. The molecule has 0 aromatic heterocycles. The highest BCUT2D eigenvalue weighted by Crippen LogP contribution is 2.48. The summed E-state index contributed by atoms with van der Waals surface area (Å²) >= 11 is 0. The lowest BCUT2D eigenvalue weighted by Gasteiger charge is -2.16. The van der Waals surface area contributed by atoms with Crippen LogP contribution in [0.1, 0.15) is 51.4 Å². The van der Waals surface area contributed by atoms with Crippen molar-refractivity contribution in [2.24, 2.45) is 17.8 Å². The Hall–Kier alpha value is -2.43. The van der Waals surface area contributed by atoms with Crippen molar-refractivity contribution in [1.29, 1.82) is 0 Å². The van der Waals surface area contributed by atoms with E-state index in [-0.39, 0.29) is 35.3 Å². The summed E-state index contributed by atoms with van der Waals surface area (Å²) in [5.74, 6) is 1.27. The molecule has 1 aromatic carbocycles. The Kier molecular flexibility index (Phi) is 7.62. The second kappa shape index (κ2) is 10.4. The summed E-state index contributed by atoms with van der Waals surface area (Å²) in [4.78, 5) is 36.6. The standard InChI is InChI=1S/C24H30O5/c1-28-23(26)12-6-5-8-17-16-21-19(13-14-20(21)24(17)27)22(25)11-7-15-29-18-9-3-2-4-10-18/h2-4,8-10,19-21H,5-7,11-16H2,1H3/t19-,20?,21?/m0/s1. The molecular formula is C24H30O5. The number of ether oxygens (including phenoxy) is 2. The van der Waals surface area contributed by atoms with Gasteiger partial charge in [-0.05, 0) is 62.1 Å². The number of esters is 1. The number of carbonyl (C=O) groups is 3. The van der Waals surface area contributed by atoms with Crippen LogP contribution in [0.4, 0.5) is 0 Å². The highest BCUT2D eigenvalue weighted by molar-refractivity contribution is 6.01. The van der Waals surface area contributed by atoms with Gasteiger partial charge in [-0.2, -0.15) is 0 Å². The van der Waals surface area contributed by atoms with Crippen molar-refractivity contribution in [2.45, 2.75) is 51.4 Å². The number of rotatable bonds is 10. The van der Waals surface area contributed by atoms with Crippen LogP contribution in [0.5, 0.6) is 5.75 Å². The molecule has 0 heterocycles. The Morgan fingerprint density at radius 3 is 2.66 bits per heavy atom. The van der Waals surface area contributed by atoms with E-state index < -0.39 is 0 Å². The highest BCUT2D eigenvalue weighted by atomic mass is 16.5. The fraction of sp³-hybridized carbons (Fsp3) is 0.542. The Morgan fingerprint density at radius 1 is 1.10 bits per heavy atom. The first-order valence-corrected chi connectivity index (χ1v) is 10.6. The maximum Gasteiger partial charge on any atom is 0.305 e. The topological polar surface area (TPSA) is 69.7 Å². The van der Waals surface area contributed by atoms with Crippen molar-refractivity contribution >= 4 is 17.5 Å². The molecule has 2 unspecified atom stereocenters. The maximum absolute atomic E-state index is 12.7. The molecule has 2 aliphatic carbocycles. The van der Waals surface area contributed by atoms with Gasteiger partial charge in [-0.15, -0.1) is 0 Å². The molecule has 0 aliphatic heterocycles. The Bertz CT molecular complexity index is 752. The Labute approximate surface area is 172 Å². The van der Waals surface area contributed by atoms with Crippen molar-refractivity contribution in [1.82, 2.24) is 0 Å². The van der Waals surface area contributed by atoms with E-state index in [0.717, 1.165) is 24.2 Å². The monoisotopic (exact) mass is 398 g/mol. The van der Waals surface area contributed by atoms with E-state index in [4.69, 9.17) is 4.74 Å². The van der Waals surface area contributed by atoms with Gasteiger partial charge in [-0.1, -0.05) is 24.3 Å². The van der Waals surface area contributed by atoms with Crippen molar-refractivity contribution < 1.29 is 23.9 Å². The third-order valence-corrected chi connectivity index (χ3v) is 6.13. The number of para-hydroxylation sites is 1. The number of carbonyl (C=O) groups excluding carboxylic acids is 3. The summed E-state index contributed by atoms with van der Waals surface area (Å²) in [6, 6.07) is 9.62. The van der Waals surface area contributed by atoms with Crippen LogP contribution in [0.2, 0.25) is 0 Å². The zero-order valence-corrected chi connectivity index (χ0v) is 17.1. The molecule has 0 radical (unpaired) electrons. The Balaban J connectivity index is 1.44. The zero-order chi connectivity index (χ0) is 20.6. The van der Waals surface area contributed by atoms with Gasteiger partial charge < -0.3 is 9.47 Å². The molecule has 0 N–H and O–H groups in total. The molecule has 3 atom stereocenters. The van der Waals surface area contributed by atoms with Gasteiger partial charge >= 0.3 is 5.97 Å². The number of hydrogen-bond acceptors (Lipinski definition) is 5. The molecule has 156 valence electrons. The molecule has 29 heavy (non-hydrogen) atoms. The molecule has 5 heteroatoms. The number of benzene rings is 1. The summed E-state index contributed by atoms with van der Waals surface area (Å²) in [6.45, 7) is 0.529. The van der Waals surface area contributed by atoms with Crippen molar-refractivity contribution in [2.75, 3.05) is 13.7 Å². The number of allylic oxidation sites excluding steroid dienone is 2. The molecule has 0 saturated heterocycles. The second-order valence-corrected chi connectivity index (χ2v) is 7.95. The molecule has 3 rings (SSSR count). The van der Waals surface area contributed by atoms with Gasteiger partial charge in [-0.3, -0.25) is 14.4 Å². The van der Waals surface area contributed by atoms with Crippen LogP contribution in [-0.2, 0) is 19.1 Å². The van der Waals surface area contributed by atoms with Crippen molar-refractivity contribution in [3.63, 3.8) is 0 Å². The lowest BCUT2D eigenvalue weighted by Crippen LogP contribution is -2.21. The van der Waals surface area contributed by atoms with Gasteiger partial charge in [0.1, 0.15) is 11.5 Å². The number of methoxy groups -OCH3 is 1. The first-order valence-electron chi connectivity index (χ1n) is 10.6. The normalized spacial score (nSPS) is 24.5. The summed E-state index contributed by atoms with van der Waals surface area (Å²) in [7, 11) is 1.38. The molecule has 2 aliphatic rings. The van der Waals surface area contributed by atoms with Crippen LogP contribution in [0.3, 0.4) is 0 Å². The average molecular weight is 398 g/mol. The molecule has 5 nitrogen and oxygen atoms in total. The lowest BCUT2D eigenvalue weighted by atomic mass is 9.87. The molecule has 0 bridgehead atoms. The summed E-state index contributed by atoms with van der Waals surface area (Å²) in [5.41, 5.74) is 0.856. The smallest absolute Gasteiger partial charge is 0.305 e. The van der Waals surface area contributed by atoms with Crippen LogP contribution in [0, 0.1) is 17.8 Å². The number of fused-ring (bicyclic) bond motifs is 1. The van der Waals surface area contributed by atoms with E-state index in [1.54, 1.807) is 0 Å². The third kappa shape index (κ3) is 5.55. The minimum Gasteiger partial charge on any atom is -0.494 e. The van der Waals surface area contributed by atoms with E-state index in [9.17, 15) is 14.4 Å². The molecule has 0 spiro atoms. The van der Waals surface area contributed by atoms with Gasteiger partial charge in [0, 0.05) is 24.7 Å². The van der Waals surface area contributed by atoms with E-state index in [1.165, 1.54) is 7.11 Å². The fourth-order valence-corrected chi connectivity index (χ4v) is 4.62. The average Bonchev–Trinajstić information content (AvgIpc) is 3.29. The minimum absolute atomic E-state index is 0.00152. The van der Waals surface area contributed by atoms with Crippen LogP contribution >= 0.6 is 0 Å². The summed E-state index contributed by atoms with van der Waals surface area (Å²) in [6.07, 6.45) is 7.28. The molecule has 2 saturated carbocycles. The largest absolute Gasteiger partial charge is 0.494 e. The second-order valence-electron chi connectivity index (χ2n) is 7.95. The molecular weight excluding hydrogens is 368 g/mol. The van der Waals surface area contributed by atoms with E-state index in [0.29, 0.717) is 45.1 Å². The Morgan fingerprint density at radius 2 is 1.90 bits per heavy atom. The predicted molar refractivity (Wildman–Crippen MR) is 109 cm³/mol.